The molecule has 0 N–H and O–H groups in total. The van der Waals surface area contributed by atoms with Crippen molar-refractivity contribution >= 4 is 17.5 Å². The van der Waals surface area contributed by atoms with Crippen LogP contribution >= 0.6 is 11.6 Å². The van der Waals surface area contributed by atoms with Crippen molar-refractivity contribution in [1.29, 1.82) is 0 Å². The van der Waals surface area contributed by atoms with E-state index in [1.54, 1.807) is 11.0 Å². The molecule has 4 nitrogen and oxygen atoms in total. The molecular formula is C17H18ClFN2O2. The van der Waals surface area contributed by atoms with Crippen LogP contribution in [0.3, 0.4) is 0 Å². The molecule has 2 aromatic rings. The third kappa shape index (κ3) is 3.99. The van der Waals surface area contributed by atoms with E-state index in [4.69, 9.17) is 16.3 Å². The first-order chi connectivity index (χ1) is 10.9. The molecule has 1 aromatic heterocycles. The van der Waals surface area contributed by atoms with Gasteiger partial charge in [-0.2, -0.15) is 0 Å². The van der Waals surface area contributed by atoms with Crippen molar-refractivity contribution < 1.29 is 13.9 Å². The van der Waals surface area contributed by atoms with Gasteiger partial charge < -0.3 is 9.64 Å². The van der Waals surface area contributed by atoms with E-state index in [0.717, 1.165) is 0 Å². The first kappa shape index (κ1) is 17.2. The van der Waals surface area contributed by atoms with Crippen molar-refractivity contribution in [2.45, 2.75) is 26.8 Å². The second-order valence-corrected chi connectivity index (χ2v) is 5.64. The van der Waals surface area contributed by atoms with Crippen molar-refractivity contribution in [3.8, 4) is 11.5 Å². The smallest absolute Gasteiger partial charge is 0.257 e. The third-order valence-electron chi connectivity index (χ3n) is 3.35. The number of carbonyl (C=O) groups is 1. The van der Waals surface area contributed by atoms with E-state index in [2.05, 4.69) is 4.98 Å². The molecule has 0 fully saturated rings. The first-order valence-corrected chi connectivity index (χ1v) is 7.69. The van der Waals surface area contributed by atoms with Crippen molar-refractivity contribution in [2.24, 2.45) is 0 Å². The van der Waals surface area contributed by atoms with Gasteiger partial charge in [0.25, 0.3) is 5.91 Å². The summed E-state index contributed by atoms with van der Waals surface area (Å²) in [7, 11) is 0. The minimum Gasteiger partial charge on any atom is -0.453 e. The van der Waals surface area contributed by atoms with Gasteiger partial charge in [-0.05, 0) is 45.0 Å². The molecule has 0 aliphatic rings. The van der Waals surface area contributed by atoms with Crippen LogP contribution in [-0.4, -0.2) is 28.4 Å². The molecule has 1 heterocycles. The normalized spacial score (nSPS) is 10.7. The Morgan fingerprint density at radius 2 is 2.09 bits per heavy atom. The third-order valence-corrected chi connectivity index (χ3v) is 3.66. The lowest BCUT2D eigenvalue weighted by molar-refractivity contribution is 0.0713. The van der Waals surface area contributed by atoms with E-state index in [-0.39, 0.29) is 23.3 Å². The van der Waals surface area contributed by atoms with Crippen molar-refractivity contribution in [3.63, 3.8) is 0 Å². The number of halogens is 2. The Morgan fingerprint density at radius 3 is 2.70 bits per heavy atom. The van der Waals surface area contributed by atoms with Gasteiger partial charge in [0.2, 0.25) is 0 Å². The van der Waals surface area contributed by atoms with Crippen LogP contribution in [0.5, 0.6) is 11.5 Å². The van der Waals surface area contributed by atoms with E-state index in [9.17, 15) is 9.18 Å². The Morgan fingerprint density at radius 1 is 1.35 bits per heavy atom. The number of ether oxygens (including phenoxy) is 1. The van der Waals surface area contributed by atoms with Gasteiger partial charge in [-0.1, -0.05) is 11.6 Å². The summed E-state index contributed by atoms with van der Waals surface area (Å²) in [5.74, 6) is -0.248. The van der Waals surface area contributed by atoms with Crippen LogP contribution < -0.4 is 4.74 Å². The molecule has 0 spiro atoms. The van der Waals surface area contributed by atoms with Crippen LogP contribution in [-0.2, 0) is 0 Å². The standard InChI is InChI=1S/C17H18ClFN2O2/c1-4-21(11(2)3)17(22)13-9-12(19)5-6-15(13)23-16-10-20-8-7-14(16)18/h5-11H,4H2,1-3H3. The van der Waals surface area contributed by atoms with Crippen molar-refractivity contribution in [2.75, 3.05) is 6.54 Å². The van der Waals surface area contributed by atoms with Crippen LogP contribution in [0.2, 0.25) is 5.02 Å². The van der Waals surface area contributed by atoms with E-state index in [0.29, 0.717) is 17.3 Å². The lowest BCUT2D eigenvalue weighted by Crippen LogP contribution is -2.36. The Balaban J connectivity index is 2.42. The molecule has 0 atom stereocenters. The summed E-state index contributed by atoms with van der Waals surface area (Å²) < 4.78 is 19.3. The quantitative estimate of drug-likeness (QED) is 0.805. The van der Waals surface area contributed by atoms with Crippen LogP contribution in [0.15, 0.2) is 36.7 Å². The predicted octanol–water partition coefficient (Wildman–Crippen LogP) is 4.54. The van der Waals surface area contributed by atoms with E-state index >= 15 is 0 Å². The first-order valence-electron chi connectivity index (χ1n) is 7.32. The Bertz CT molecular complexity index is 707. The Kier molecular flexibility index (Phi) is 5.55. The highest BCUT2D eigenvalue weighted by Gasteiger charge is 2.22. The second-order valence-electron chi connectivity index (χ2n) is 5.23. The lowest BCUT2D eigenvalue weighted by atomic mass is 10.1. The molecule has 6 heteroatoms. The van der Waals surface area contributed by atoms with Crippen LogP contribution in [0.4, 0.5) is 4.39 Å². The summed E-state index contributed by atoms with van der Waals surface area (Å²) in [6.07, 6.45) is 2.98. The van der Waals surface area contributed by atoms with Gasteiger partial charge in [0, 0.05) is 18.8 Å². The van der Waals surface area contributed by atoms with Gasteiger partial charge in [0.05, 0.1) is 16.8 Å². The van der Waals surface area contributed by atoms with Crippen molar-refractivity contribution in [1.82, 2.24) is 9.88 Å². The molecule has 23 heavy (non-hydrogen) atoms. The zero-order valence-electron chi connectivity index (χ0n) is 13.2. The Hall–Kier alpha value is -2.14. The summed E-state index contributed by atoms with van der Waals surface area (Å²) in [5.41, 5.74) is 0.153. The predicted molar refractivity (Wildman–Crippen MR) is 87.6 cm³/mol. The van der Waals surface area contributed by atoms with Gasteiger partial charge >= 0.3 is 0 Å². The zero-order valence-corrected chi connectivity index (χ0v) is 14.0. The number of hydrogen-bond donors (Lipinski definition) is 0. The highest BCUT2D eigenvalue weighted by Crippen LogP contribution is 2.31. The molecule has 0 aliphatic heterocycles. The van der Waals surface area contributed by atoms with Gasteiger partial charge in [-0.3, -0.25) is 9.78 Å². The minimum atomic E-state index is -0.502. The highest BCUT2D eigenvalue weighted by atomic mass is 35.5. The highest BCUT2D eigenvalue weighted by molar-refractivity contribution is 6.32. The van der Waals surface area contributed by atoms with Gasteiger partial charge in [0.1, 0.15) is 11.6 Å². The summed E-state index contributed by atoms with van der Waals surface area (Å²) >= 11 is 6.04. The van der Waals surface area contributed by atoms with Gasteiger partial charge in [0.15, 0.2) is 5.75 Å². The number of amides is 1. The average Bonchev–Trinajstić information content (AvgIpc) is 2.51. The average molecular weight is 337 g/mol. The molecule has 0 saturated heterocycles. The fraction of sp³-hybridized carbons (Fsp3) is 0.294. The molecule has 0 saturated carbocycles. The number of benzene rings is 1. The zero-order chi connectivity index (χ0) is 17.0. The van der Waals surface area contributed by atoms with Crippen LogP contribution in [0.1, 0.15) is 31.1 Å². The van der Waals surface area contributed by atoms with E-state index in [1.165, 1.54) is 30.6 Å². The summed E-state index contributed by atoms with van der Waals surface area (Å²) in [6, 6.07) is 5.40. The maximum absolute atomic E-state index is 13.6. The largest absolute Gasteiger partial charge is 0.453 e. The molecule has 122 valence electrons. The minimum absolute atomic E-state index is 0.00871. The van der Waals surface area contributed by atoms with E-state index in [1.807, 2.05) is 20.8 Å². The number of hydrogen-bond acceptors (Lipinski definition) is 3. The fourth-order valence-electron chi connectivity index (χ4n) is 2.21. The summed E-state index contributed by atoms with van der Waals surface area (Å²) in [6.45, 7) is 6.19. The number of carbonyl (C=O) groups excluding carboxylic acids is 1. The molecule has 2 rings (SSSR count). The molecular weight excluding hydrogens is 319 g/mol. The fourth-order valence-corrected chi connectivity index (χ4v) is 2.36. The molecule has 0 radical (unpaired) electrons. The monoisotopic (exact) mass is 336 g/mol. The van der Waals surface area contributed by atoms with Gasteiger partial charge in [-0.15, -0.1) is 0 Å². The van der Waals surface area contributed by atoms with Crippen LogP contribution in [0, 0.1) is 5.82 Å². The second kappa shape index (κ2) is 7.42. The number of aromatic nitrogens is 1. The number of pyridine rings is 1. The summed E-state index contributed by atoms with van der Waals surface area (Å²) in [5, 5.41) is 0.360. The van der Waals surface area contributed by atoms with E-state index < -0.39 is 5.82 Å². The van der Waals surface area contributed by atoms with Crippen molar-refractivity contribution in [3.05, 3.63) is 53.1 Å². The molecule has 0 unspecified atom stereocenters. The van der Waals surface area contributed by atoms with Crippen LogP contribution in [0.25, 0.3) is 0 Å². The lowest BCUT2D eigenvalue weighted by Gasteiger charge is -2.26. The Labute approximate surface area is 139 Å². The maximum atomic E-state index is 13.6. The number of nitrogens with zero attached hydrogens (tertiary/aromatic N) is 2. The van der Waals surface area contributed by atoms with Gasteiger partial charge in [-0.25, -0.2) is 4.39 Å². The molecule has 1 amide bonds. The topological polar surface area (TPSA) is 42.4 Å². The molecule has 0 bridgehead atoms. The summed E-state index contributed by atoms with van der Waals surface area (Å²) in [4.78, 5) is 18.3. The molecule has 0 aliphatic carbocycles. The number of rotatable bonds is 5. The SMILES string of the molecule is CCN(C(=O)c1cc(F)ccc1Oc1cnccc1Cl)C(C)C. The maximum Gasteiger partial charge on any atom is 0.257 e. The molecule has 1 aromatic carbocycles.